The SMILES string of the molecule is Cc1ccc(Nc2ncc3c(n2)N(C)C(=O)N(c2cc(C(=O)NCCCCC(=O)[C@]4(C(N)=O)CCCN4)ccc2C)C3)cn1. The molecule has 230 valence electrons. The first-order chi connectivity index (χ1) is 21.1. The number of nitrogens with one attached hydrogen (secondary N) is 3. The molecule has 13 heteroatoms. The first kappa shape index (κ1) is 30.5. The van der Waals surface area contributed by atoms with E-state index in [0.29, 0.717) is 55.4 Å². The van der Waals surface area contributed by atoms with Crippen LogP contribution in [0.3, 0.4) is 0 Å². The number of carbonyl (C=O) groups is 4. The molecule has 2 aliphatic rings. The van der Waals surface area contributed by atoms with E-state index in [-0.39, 0.29) is 30.7 Å². The summed E-state index contributed by atoms with van der Waals surface area (Å²) >= 11 is 0. The highest BCUT2D eigenvalue weighted by Crippen LogP contribution is 2.32. The smallest absolute Gasteiger partial charge is 0.330 e. The number of rotatable bonds is 11. The normalized spacial score (nSPS) is 17.8. The summed E-state index contributed by atoms with van der Waals surface area (Å²) < 4.78 is 0. The lowest BCUT2D eigenvalue weighted by molar-refractivity contribution is -0.135. The van der Waals surface area contributed by atoms with Gasteiger partial charge in [-0.3, -0.25) is 34.5 Å². The Bertz CT molecular complexity index is 1590. The minimum absolute atomic E-state index is 0.198. The highest BCUT2D eigenvalue weighted by molar-refractivity contribution is 6.10. The van der Waals surface area contributed by atoms with Crippen LogP contribution < -0.4 is 31.5 Å². The maximum absolute atomic E-state index is 13.5. The highest BCUT2D eigenvalue weighted by atomic mass is 16.2. The average Bonchev–Trinajstić information content (AvgIpc) is 3.52. The number of urea groups is 1. The molecule has 0 spiro atoms. The van der Waals surface area contributed by atoms with Gasteiger partial charge in [0, 0.05) is 48.7 Å². The number of aromatic nitrogens is 3. The van der Waals surface area contributed by atoms with Gasteiger partial charge in [0.05, 0.1) is 18.4 Å². The number of nitrogens with zero attached hydrogens (tertiary/aromatic N) is 5. The summed E-state index contributed by atoms with van der Waals surface area (Å²) in [6.07, 6.45) is 5.82. The van der Waals surface area contributed by atoms with Crippen LogP contribution in [-0.4, -0.2) is 64.3 Å². The number of unbranched alkanes of at least 4 members (excludes halogenated alkanes) is 1. The minimum Gasteiger partial charge on any atom is -0.368 e. The quantitative estimate of drug-likeness (QED) is 0.191. The fourth-order valence-electron chi connectivity index (χ4n) is 5.53. The zero-order chi connectivity index (χ0) is 31.4. The number of hydrogen-bond donors (Lipinski definition) is 4. The second-order valence-corrected chi connectivity index (χ2v) is 11.2. The van der Waals surface area contributed by atoms with E-state index in [4.69, 9.17) is 5.73 Å². The average molecular weight is 600 g/mol. The topological polar surface area (TPSA) is 176 Å². The number of carbonyl (C=O) groups excluding carboxylic acids is 4. The molecule has 1 saturated heterocycles. The van der Waals surface area contributed by atoms with Crippen LogP contribution in [-0.2, 0) is 16.1 Å². The zero-order valence-corrected chi connectivity index (χ0v) is 25.1. The number of Topliss-reactive ketones (excluding diaryl/α,β-unsaturated/α-hetero) is 1. The van der Waals surface area contributed by atoms with Crippen LogP contribution in [0, 0.1) is 13.8 Å². The molecule has 4 heterocycles. The third-order valence-electron chi connectivity index (χ3n) is 8.10. The third kappa shape index (κ3) is 6.23. The highest BCUT2D eigenvalue weighted by Gasteiger charge is 2.45. The second-order valence-electron chi connectivity index (χ2n) is 11.2. The lowest BCUT2D eigenvalue weighted by Crippen LogP contribution is -2.57. The number of aryl methyl sites for hydroxylation is 2. The van der Waals surface area contributed by atoms with Crippen molar-refractivity contribution in [3.63, 3.8) is 0 Å². The van der Waals surface area contributed by atoms with Crippen molar-refractivity contribution in [2.45, 2.75) is 58.0 Å². The Labute approximate surface area is 255 Å². The second kappa shape index (κ2) is 12.8. The lowest BCUT2D eigenvalue weighted by Gasteiger charge is -2.35. The Balaban J connectivity index is 1.20. The molecule has 1 atom stereocenters. The van der Waals surface area contributed by atoms with Crippen molar-refractivity contribution in [3.05, 3.63) is 65.1 Å². The molecule has 0 bridgehead atoms. The van der Waals surface area contributed by atoms with Crippen LogP contribution in [0.4, 0.5) is 27.9 Å². The van der Waals surface area contributed by atoms with Gasteiger partial charge in [0.2, 0.25) is 11.9 Å². The molecular formula is C31H37N9O4. The van der Waals surface area contributed by atoms with E-state index in [1.54, 1.807) is 36.5 Å². The van der Waals surface area contributed by atoms with E-state index >= 15 is 0 Å². The summed E-state index contributed by atoms with van der Waals surface area (Å²) in [4.78, 5) is 67.4. The number of nitrogens with two attached hydrogens (primary N) is 1. The van der Waals surface area contributed by atoms with E-state index in [0.717, 1.165) is 28.9 Å². The number of anilines is 4. The van der Waals surface area contributed by atoms with Crippen molar-refractivity contribution in [3.8, 4) is 0 Å². The number of ketones is 1. The molecule has 3 aromatic rings. The van der Waals surface area contributed by atoms with Crippen molar-refractivity contribution < 1.29 is 19.2 Å². The molecule has 4 amide bonds. The van der Waals surface area contributed by atoms with Gasteiger partial charge in [-0.2, -0.15) is 4.98 Å². The van der Waals surface area contributed by atoms with Crippen LogP contribution in [0.5, 0.6) is 0 Å². The van der Waals surface area contributed by atoms with Gasteiger partial charge in [0.15, 0.2) is 11.3 Å². The third-order valence-corrected chi connectivity index (χ3v) is 8.10. The summed E-state index contributed by atoms with van der Waals surface area (Å²) in [5, 5.41) is 8.98. The molecule has 44 heavy (non-hydrogen) atoms. The molecule has 1 fully saturated rings. The molecule has 0 radical (unpaired) electrons. The Morgan fingerprint density at radius 1 is 1.09 bits per heavy atom. The molecule has 2 aliphatic heterocycles. The number of pyridine rings is 1. The maximum Gasteiger partial charge on any atom is 0.330 e. The number of fused-ring (bicyclic) bond motifs is 1. The molecular weight excluding hydrogens is 562 g/mol. The van der Waals surface area contributed by atoms with Gasteiger partial charge in [0.25, 0.3) is 5.91 Å². The number of hydrogen-bond acceptors (Lipinski definition) is 9. The predicted octanol–water partition coefficient (Wildman–Crippen LogP) is 2.89. The van der Waals surface area contributed by atoms with Crippen molar-refractivity contribution >= 4 is 46.8 Å². The number of benzene rings is 1. The van der Waals surface area contributed by atoms with Crippen molar-refractivity contribution in [2.24, 2.45) is 5.73 Å². The fraction of sp³-hybridized carbons (Fsp3) is 0.387. The molecule has 5 rings (SSSR count). The van der Waals surface area contributed by atoms with E-state index in [2.05, 4.69) is 30.9 Å². The Hall–Kier alpha value is -4.91. The van der Waals surface area contributed by atoms with Gasteiger partial charge < -0.3 is 16.4 Å². The molecule has 5 N–H and O–H groups in total. The van der Waals surface area contributed by atoms with Crippen LogP contribution in [0.15, 0.2) is 42.7 Å². The van der Waals surface area contributed by atoms with Crippen molar-refractivity contribution in [1.29, 1.82) is 0 Å². The van der Waals surface area contributed by atoms with Gasteiger partial charge in [-0.15, -0.1) is 0 Å². The van der Waals surface area contributed by atoms with E-state index in [1.165, 1.54) is 4.90 Å². The standard InChI is InChI=1S/C31H37N9O4/c1-19-8-10-21(27(42)33-13-5-4-7-25(41)31(28(32)43)12-6-14-36-31)15-24(19)40-18-22-16-35-29(38-26(22)39(3)30(40)44)37-23-11-9-20(2)34-17-23/h8-11,15-17,36H,4-7,12-14,18H2,1-3H3,(H2,32,43)(H,33,42)(H,35,37,38)/t31-/m0/s1. The minimum atomic E-state index is -1.26. The number of amides is 4. The molecule has 0 aliphatic carbocycles. The summed E-state index contributed by atoms with van der Waals surface area (Å²) in [7, 11) is 1.65. The van der Waals surface area contributed by atoms with Gasteiger partial charge in [-0.25, -0.2) is 9.78 Å². The Morgan fingerprint density at radius 2 is 1.91 bits per heavy atom. The molecule has 0 unspecified atom stereocenters. The summed E-state index contributed by atoms with van der Waals surface area (Å²) in [5.41, 5.74) is 8.49. The first-order valence-electron chi connectivity index (χ1n) is 14.7. The Morgan fingerprint density at radius 3 is 2.61 bits per heavy atom. The summed E-state index contributed by atoms with van der Waals surface area (Å²) in [6, 6.07) is 8.70. The number of primary amides is 1. The predicted molar refractivity (Wildman–Crippen MR) is 166 cm³/mol. The van der Waals surface area contributed by atoms with Gasteiger partial charge >= 0.3 is 6.03 Å². The monoisotopic (exact) mass is 599 g/mol. The van der Waals surface area contributed by atoms with Crippen LogP contribution >= 0.6 is 0 Å². The molecule has 0 saturated carbocycles. The lowest BCUT2D eigenvalue weighted by atomic mass is 9.88. The maximum atomic E-state index is 13.5. The van der Waals surface area contributed by atoms with E-state index in [1.807, 2.05) is 32.0 Å². The fourth-order valence-corrected chi connectivity index (χ4v) is 5.53. The largest absolute Gasteiger partial charge is 0.368 e. The van der Waals surface area contributed by atoms with Crippen LogP contribution in [0.25, 0.3) is 0 Å². The van der Waals surface area contributed by atoms with Gasteiger partial charge in [-0.1, -0.05) is 6.07 Å². The molecule has 1 aromatic carbocycles. The van der Waals surface area contributed by atoms with Gasteiger partial charge in [-0.05, 0) is 75.9 Å². The van der Waals surface area contributed by atoms with Crippen LogP contribution in [0.2, 0.25) is 0 Å². The molecule has 2 aromatic heterocycles. The summed E-state index contributed by atoms with van der Waals surface area (Å²) in [6.45, 7) is 4.98. The Kier molecular flexibility index (Phi) is 8.86. The summed E-state index contributed by atoms with van der Waals surface area (Å²) in [5.74, 6) is -0.262. The first-order valence-corrected chi connectivity index (χ1v) is 14.7. The van der Waals surface area contributed by atoms with E-state index < -0.39 is 11.4 Å². The molecule has 13 nitrogen and oxygen atoms in total. The zero-order valence-electron chi connectivity index (χ0n) is 25.1. The van der Waals surface area contributed by atoms with Crippen molar-refractivity contribution in [1.82, 2.24) is 25.6 Å². The van der Waals surface area contributed by atoms with Gasteiger partial charge in [0.1, 0.15) is 5.82 Å². The van der Waals surface area contributed by atoms with Crippen molar-refractivity contribution in [2.75, 3.05) is 35.3 Å². The van der Waals surface area contributed by atoms with E-state index in [9.17, 15) is 19.2 Å². The van der Waals surface area contributed by atoms with Crippen LogP contribution in [0.1, 0.15) is 59.3 Å².